The fourth-order valence-electron chi connectivity index (χ4n) is 3.12. The lowest BCUT2D eigenvalue weighted by Gasteiger charge is -2.31. The molecule has 1 saturated carbocycles. The summed E-state index contributed by atoms with van der Waals surface area (Å²) in [4.78, 5) is 27.6. The first-order valence-electron chi connectivity index (χ1n) is 6.94. The second kappa shape index (κ2) is 5.37. The number of hydrogen-bond donors (Lipinski definition) is 1. The molecule has 6 heteroatoms. The lowest BCUT2D eigenvalue weighted by atomic mass is 9.96. The molecule has 0 atom stereocenters. The Hall–Kier alpha value is -1.07. The van der Waals surface area contributed by atoms with E-state index < -0.39 is 5.54 Å². The van der Waals surface area contributed by atoms with E-state index >= 15 is 0 Å². The topological polar surface area (TPSA) is 49.4 Å². The van der Waals surface area contributed by atoms with Crippen molar-refractivity contribution in [3.05, 3.63) is 21.3 Å². The molecule has 1 N–H and O–H groups in total. The molecule has 0 unspecified atom stereocenters. The normalized spacial score (nSPS) is 22.1. The fraction of sp³-hybridized carbons (Fsp3) is 0.571. The van der Waals surface area contributed by atoms with Crippen LogP contribution in [0.4, 0.5) is 0 Å². The van der Waals surface area contributed by atoms with Crippen molar-refractivity contribution in [2.45, 2.75) is 44.2 Å². The Labute approximate surface area is 127 Å². The molecule has 2 amide bonds. The van der Waals surface area contributed by atoms with Crippen LogP contribution in [0.25, 0.3) is 0 Å². The highest BCUT2D eigenvalue weighted by molar-refractivity contribution is 7.16. The van der Waals surface area contributed by atoms with Gasteiger partial charge in [0.05, 0.1) is 10.9 Å². The van der Waals surface area contributed by atoms with Gasteiger partial charge in [-0.15, -0.1) is 11.3 Å². The van der Waals surface area contributed by atoms with Gasteiger partial charge in [-0.25, -0.2) is 0 Å². The molecule has 20 heavy (non-hydrogen) atoms. The average Bonchev–Trinajstić information content (AvgIpc) is 3.01. The molecule has 1 aromatic heterocycles. The van der Waals surface area contributed by atoms with Gasteiger partial charge in [-0.05, 0) is 25.0 Å². The number of carbonyl (C=O) groups is 2. The number of nitrogens with zero attached hydrogens (tertiary/aromatic N) is 1. The minimum atomic E-state index is -0.644. The molecule has 1 aliphatic carbocycles. The molecule has 108 valence electrons. The second-order valence-corrected chi connectivity index (χ2v) is 7.32. The minimum Gasteiger partial charge on any atom is -0.342 e. The largest absolute Gasteiger partial charge is 0.342 e. The Bertz CT molecular complexity index is 537. The number of carbonyl (C=O) groups excluding carboxylic acids is 2. The van der Waals surface area contributed by atoms with Crippen molar-refractivity contribution in [2.75, 3.05) is 6.54 Å². The van der Waals surface area contributed by atoms with E-state index in [2.05, 4.69) is 5.32 Å². The Morgan fingerprint density at radius 1 is 1.30 bits per heavy atom. The maximum atomic E-state index is 12.8. The molecule has 1 spiro atoms. The second-order valence-electron chi connectivity index (χ2n) is 5.52. The third-order valence-electron chi connectivity index (χ3n) is 4.12. The first kappa shape index (κ1) is 13.9. The smallest absolute Gasteiger partial charge is 0.248 e. The maximum absolute atomic E-state index is 12.8. The summed E-state index contributed by atoms with van der Waals surface area (Å²) in [7, 11) is 0. The molecule has 2 fully saturated rings. The van der Waals surface area contributed by atoms with E-state index in [0.29, 0.717) is 19.5 Å². The van der Waals surface area contributed by atoms with Crippen LogP contribution < -0.4 is 5.32 Å². The van der Waals surface area contributed by atoms with Gasteiger partial charge in [0, 0.05) is 17.8 Å². The zero-order chi connectivity index (χ0) is 14.2. The molecule has 1 aliphatic heterocycles. The zero-order valence-corrected chi connectivity index (χ0v) is 12.7. The van der Waals surface area contributed by atoms with Crippen LogP contribution >= 0.6 is 22.9 Å². The van der Waals surface area contributed by atoms with Crippen LogP contribution in [0.5, 0.6) is 0 Å². The summed E-state index contributed by atoms with van der Waals surface area (Å²) in [6, 6.07) is 3.79. The molecule has 0 aromatic carbocycles. The Morgan fingerprint density at radius 3 is 2.70 bits per heavy atom. The predicted octanol–water partition coefficient (Wildman–Crippen LogP) is 2.56. The third kappa shape index (κ3) is 2.56. The van der Waals surface area contributed by atoms with Crippen molar-refractivity contribution in [1.29, 1.82) is 0 Å². The Kier molecular flexibility index (Phi) is 3.73. The molecule has 3 rings (SSSR count). The van der Waals surface area contributed by atoms with Crippen LogP contribution in [0.2, 0.25) is 4.34 Å². The van der Waals surface area contributed by atoms with E-state index in [4.69, 9.17) is 11.6 Å². The molecule has 1 saturated heterocycles. The average molecular weight is 313 g/mol. The van der Waals surface area contributed by atoms with Crippen molar-refractivity contribution in [2.24, 2.45) is 0 Å². The van der Waals surface area contributed by atoms with E-state index in [-0.39, 0.29) is 11.8 Å². The standard InChI is InChI=1S/C14H17ClN2O2S/c15-11-4-3-10(20-11)9-17-8-5-12(18)16-14(13(17)19)6-1-2-7-14/h3-4H,1-2,5-9H2,(H,16,18). The van der Waals surface area contributed by atoms with Gasteiger partial charge in [-0.3, -0.25) is 9.59 Å². The summed E-state index contributed by atoms with van der Waals surface area (Å²) in [5, 5.41) is 2.97. The summed E-state index contributed by atoms with van der Waals surface area (Å²) >= 11 is 7.43. The number of nitrogens with one attached hydrogen (secondary N) is 1. The predicted molar refractivity (Wildman–Crippen MR) is 78.7 cm³/mol. The number of rotatable bonds is 2. The highest BCUT2D eigenvalue weighted by Gasteiger charge is 2.46. The molecule has 2 aliphatic rings. The van der Waals surface area contributed by atoms with Gasteiger partial charge in [-0.1, -0.05) is 24.4 Å². The van der Waals surface area contributed by atoms with E-state index in [1.165, 1.54) is 11.3 Å². The van der Waals surface area contributed by atoms with E-state index in [1.807, 2.05) is 17.0 Å². The van der Waals surface area contributed by atoms with Crippen LogP contribution in [0.3, 0.4) is 0 Å². The monoisotopic (exact) mass is 312 g/mol. The van der Waals surface area contributed by atoms with Gasteiger partial charge < -0.3 is 10.2 Å². The maximum Gasteiger partial charge on any atom is 0.248 e. The lowest BCUT2D eigenvalue weighted by molar-refractivity contribution is -0.139. The van der Waals surface area contributed by atoms with Crippen molar-refractivity contribution in [3.8, 4) is 0 Å². The molecule has 0 radical (unpaired) electrons. The third-order valence-corrected chi connectivity index (χ3v) is 5.33. The minimum absolute atomic E-state index is 0.00744. The van der Waals surface area contributed by atoms with Crippen molar-refractivity contribution < 1.29 is 9.59 Å². The highest BCUT2D eigenvalue weighted by Crippen LogP contribution is 2.34. The first-order chi connectivity index (χ1) is 9.59. The van der Waals surface area contributed by atoms with Crippen molar-refractivity contribution in [1.82, 2.24) is 10.2 Å². The molecule has 4 nitrogen and oxygen atoms in total. The van der Waals surface area contributed by atoms with Crippen LogP contribution in [0.15, 0.2) is 12.1 Å². The SMILES string of the molecule is O=C1CCN(Cc2ccc(Cl)s2)C(=O)C2(CCCC2)N1. The van der Waals surface area contributed by atoms with E-state index in [0.717, 1.165) is 34.9 Å². The van der Waals surface area contributed by atoms with Crippen LogP contribution in [0, 0.1) is 0 Å². The quantitative estimate of drug-likeness (QED) is 0.912. The van der Waals surface area contributed by atoms with Crippen LogP contribution in [-0.2, 0) is 16.1 Å². The highest BCUT2D eigenvalue weighted by atomic mass is 35.5. The zero-order valence-electron chi connectivity index (χ0n) is 11.2. The molecule has 0 bridgehead atoms. The summed E-state index contributed by atoms with van der Waals surface area (Å²) in [5.41, 5.74) is -0.644. The first-order valence-corrected chi connectivity index (χ1v) is 8.13. The van der Waals surface area contributed by atoms with Crippen LogP contribution in [0.1, 0.15) is 37.0 Å². The Balaban J connectivity index is 1.82. The van der Waals surface area contributed by atoms with Gasteiger partial charge in [-0.2, -0.15) is 0 Å². The summed E-state index contributed by atoms with van der Waals surface area (Å²) in [6.45, 7) is 1.04. The van der Waals surface area contributed by atoms with Crippen LogP contribution in [-0.4, -0.2) is 28.8 Å². The fourth-order valence-corrected chi connectivity index (χ4v) is 4.22. The van der Waals surface area contributed by atoms with Crippen molar-refractivity contribution in [3.63, 3.8) is 0 Å². The van der Waals surface area contributed by atoms with Gasteiger partial charge in [0.1, 0.15) is 5.54 Å². The number of halogens is 1. The summed E-state index contributed by atoms with van der Waals surface area (Å²) in [5.74, 6) is 0.0670. The summed E-state index contributed by atoms with van der Waals surface area (Å²) < 4.78 is 0.729. The lowest BCUT2D eigenvalue weighted by Crippen LogP contribution is -2.55. The van der Waals surface area contributed by atoms with Gasteiger partial charge in [0.25, 0.3) is 0 Å². The van der Waals surface area contributed by atoms with Gasteiger partial charge in [0.2, 0.25) is 11.8 Å². The summed E-state index contributed by atoms with van der Waals surface area (Å²) in [6.07, 6.45) is 3.92. The Morgan fingerprint density at radius 2 is 2.05 bits per heavy atom. The van der Waals surface area contributed by atoms with E-state index in [9.17, 15) is 9.59 Å². The number of hydrogen-bond acceptors (Lipinski definition) is 3. The number of amides is 2. The van der Waals surface area contributed by atoms with Gasteiger partial charge in [0.15, 0.2) is 0 Å². The molecule has 1 aromatic rings. The van der Waals surface area contributed by atoms with E-state index in [1.54, 1.807) is 0 Å². The van der Waals surface area contributed by atoms with Gasteiger partial charge >= 0.3 is 0 Å². The molecule has 2 heterocycles. The number of thiophene rings is 1. The molecular formula is C14H17ClN2O2S. The molecular weight excluding hydrogens is 296 g/mol. The van der Waals surface area contributed by atoms with Crippen molar-refractivity contribution >= 4 is 34.8 Å².